The standard InChI is InChI=1S/C21H25N3O3/c1-14-8-9-18(10-15(14)2)24-13-17(11-20(24)25)23-21(26)22-12-16-6-4-5-7-19(16)27-3/h4-10,17H,11-13H2,1-3H3,(H2,22,23,26)/t17-/m0/s1. The molecule has 0 aromatic heterocycles. The first-order chi connectivity index (χ1) is 13.0. The van der Waals surface area contributed by atoms with Crippen LogP contribution in [0, 0.1) is 13.8 Å². The van der Waals surface area contributed by atoms with Crippen LogP contribution in [0.3, 0.4) is 0 Å². The molecule has 2 aromatic rings. The van der Waals surface area contributed by atoms with E-state index in [-0.39, 0.29) is 18.0 Å². The predicted molar refractivity (Wildman–Crippen MR) is 105 cm³/mol. The molecule has 27 heavy (non-hydrogen) atoms. The van der Waals surface area contributed by atoms with Crippen LogP contribution in [0.4, 0.5) is 10.5 Å². The molecule has 2 N–H and O–H groups in total. The second-order valence-corrected chi connectivity index (χ2v) is 6.81. The average molecular weight is 367 g/mol. The molecule has 1 atom stereocenters. The van der Waals surface area contributed by atoms with Gasteiger partial charge in [0, 0.05) is 30.8 Å². The summed E-state index contributed by atoms with van der Waals surface area (Å²) in [6.45, 7) is 4.91. The maximum absolute atomic E-state index is 12.4. The Morgan fingerprint density at radius 2 is 1.96 bits per heavy atom. The van der Waals surface area contributed by atoms with Crippen molar-refractivity contribution < 1.29 is 14.3 Å². The van der Waals surface area contributed by atoms with E-state index in [1.165, 1.54) is 5.56 Å². The quantitative estimate of drug-likeness (QED) is 0.854. The second-order valence-electron chi connectivity index (χ2n) is 6.81. The number of rotatable bonds is 5. The molecule has 0 bridgehead atoms. The summed E-state index contributed by atoms with van der Waals surface area (Å²) in [4.78, 5) is 26.3. The van der Waals surface area contributed by atoms with Gasteiger partial charge in [-0.2, -0.15) is 0 Å². The number of amides is 3. The lowest BCUT2D eigenvalue weighted by molar-refractivity contribution is -0.117. The summed E-state index contributed by atoms with van der Waals surface area (Å²) < 4.78 is 5.28. The first-order valence-electron chi connectivity index (χ1n) is 9.02. The van der Waals surface area contributed by atoms with Crippen molar-refractivity contribution in [3.63, 3.8) is 0 Å². The Labute approximate surface area is 159 Å². The van der Waals surface area contributed by atoms with Gasteiger partial charge in [-0.25, -0.2) is 4.79 Å². The fourth-order valence-electron chi connectivity index (χ4n) is 3.21. The Hall–Kier alpha value is -3.02. The molecule has 0 radical (unpaired) electrons. The summed E-state index contributed by atoms with van der Waals surface area (Å²) in [5.74, 6) is 0.753. The van der Waals surface area contributed by atoms with Crippen LogP contribution in [-0.4, -0.2) is 31.6 Å². The molecule has 1 aliphatic heterocycles. The van der Waals surface area contributed by atoms with Crippen LogP contribution in [0.15, 0.2) is 42.5 Å². The van der Waals surface area contributed by atoms with E-state index >= 15 is 0 Å². The van der Waals surface area contributed by atoms with Gasteiger partial charge in [-0.05, 0) is 43.2 Å². The maximum atomic E-state index is 12.4. The smallest absolute Gasteiger partial charge is 0.315 e. The molecular weight excluding hydrogens is 342 g/mol. The van der Waals surface area contributed by atoms with E-state index < -0.39 is 0 Å². The minimum Gasteiger partial charge on any atom is -0.496 e. The van der Waals surface area contributed by atoms with E-state index in [1.807, 2.05) is 56.3 Å². The number of aryl methyl sites for hydroxylation is 2. The number of hydrogen-bond donors (Lipinski definition) is 2. The monoisotopic (exact) mass is 367 g/mol. The molecule has 0 saturated carbocycles. The van der Waals surface area contributed by atoms with Crippen molar-refractivity contribution in [3.05, 3.63) is 59.2 Å². The number of methoxy groups -OCH3 is 1. The lowest BCUT2D eigenvalue weighted by Gasteiger charge is -2.18. The number of hydrogen-bond acceptors (Lipinski definition) is 3. The SMILES string of the molecule is COc1ccccc1CNC(=O)N[C@H]1CC(=O)N(c2ccc(C)c(C)c2)C1. The van der Waals surface area contributed by atoms with Gasteiger partial charge in [-0.15, -0.1) is 0 Å². The molecule has 0 spiro atoms. The Kier molecular flexibility index (Phi) is 5.64. The van der Waals surface area contributed by atoms with Crippen molar-refractivity contribution in [1.82, 2.24) is 10.6 Å². The van der Waals surface area contributed by atoms with Crippen LogP contribution < -0.4 is 20.3 Å². The normalized spacial score (nSPS) is 16.3. The Morgan fingerprint density at radius 3 is 2.70 bits per heavy atom. The fraction of sp³-hybridized carbons (Fsp3) is 0.333. The zero-order valence-electron chi connectivity index (χ0n) is 15.9. The van der Waals surface area contributed by atoms with Crippen LogP contribution in [0.25, 0.3) is 0 Å². The van der Waals surface area contributed by atoms with E-state index in [0.717, 1.165) is 22.6 Å². The van der Waals surface area contributed by atoms with Crippen LogP contribution in [-0.2, 0) is 11.3 Å². The summed E-state index contributed by atoms with van der Waals surface area (Å²) in [5, 5.41) is 5.72. The molecular formula is C21H25N3O3. The van der Waals surface area contributed by atoms with E-state index in [0.29, 0.717) is 19.5 Å². The third-order valence-corrected chi connectivity index (χ3v) is 4.89. The second kappa shape index (κ2) is 8.12. The van der Waals surface area contributed by atoms with Gasteiger partial charge >= 0.3 is 6.03 Å². The zero-order chi connectivity index (χ0) is 19.4. The summed E-state index contributed by atoms with van der Waals surface area (Å²) in [7, 11) is 1.60. The minimum atomic E-state index is -0.291. The molecule has 3 amide bonds. The van der Waals surface area contributed by atoms with Gasteiger partial charge in [0.25, 0.3) is 0 Å². The number of anilines is 1. The van der Waals surface area contributed by atoms with E-state index in [9.17, 15) is 9.59 Å². The average Bonchev–Trinajstić information content (AvgIpc) is 3.02. The van der Waals surface area contributed by atoms with Gasteiger partial charge < -0.3 is 20.3 Å². The lowest BCUT2D eigenvalue weighted by atomic mass is 10.1. The number of carbonyl (C=O) groups excluding carboxylic acids is 2. The van der Waals surface area contributed by atoms with Crippen molar-refractivity contribution in [1.29, 1.82) is 0 Å². The Morgan fingerprint density at radius 1 is 1.19 bits per heavy atom. The molecule has 2 aromatic carbocycles. The van der Waals surface area contributed by atoms with Gasteiger partial charge in [-0.1, -0.05) is 24.3 Å². The number of nitrogens with zero attached hydrogens (tertiary/aromatic N) is 1. The topological polar surface area (TPSA) is 70.7 Å². The van der Waals surface area contributed by atoms with E-state index in [1.54, 1.807) is 12.0 Å². The summed E-state index contributed by atoms with van der Waals surface area (Å²) in [5.41, 5.74) is 4.11. The lowest BCUT2D eigenvalue weighted by Crippen LogP contribution is -2.43. The van der Waals surface area contributed by atoms with Crippen molar-refractivity contribution in [2.45, 2.75) is 32.9 Å². The predicted octanol–water partition coefficient (Wildman–Crippen LogP) is 2.92. The largest absolute Gasteiger partial charge is 0.496 e. The van der Waals surface area contributed by atoms with Crippen molar-refractivity contribution in [3.8, 4) is 5.75 Å². The molecule has 1 saturated heterocycles. The molecule has 0 unspecified atom stereocenters. The number of urea groups is 1. The van der Waals surface area contributed by atoms with Gasteiger partial charge in [0.05, 0.1) is 13.2 Å². The molecule has 0 aliphatic carbocycles. The summed E-state index contributed by atoms with van der Waals surface area (Å²) in [6, 6.07) is 13.0. The Balaban J connectivity index is 1.56. The summed E-state index contributed by atoms with van der Waals surface area (Å²) in [6.07, 6.45) is 0.301. The highest BCUT2D eigenvalue weighted by molar-refractivity contribution is 5.96. The van der Waals surface area contributed by atoms with Gasteiger partial charge in [-0.3, -0.25) is 4.79 Å². The molecule has 1 fully saturated rings. The van der Waals surface area contributed by atoms with E-state index in [2.05, 4.69) is 10.6 Å². The number of para-hydroxylation sites is 1. The molecule has 6 heteroatoms. The van der Waals surface area contributed by atoms with E-state index in [4.69, 9.17) is 4.74 Å². The van der Waals surface area contributed by atoms with Crippen LogP contribution >= 0.6 is 0 Å². The molecule has 3 rings (SSSR count). The summed E-state index contributed by atoms with van der Waals surface area (Å²) >= 11 is 0. The van der Waals surface area contributed by atoms with Crippen molar-refractivity contribution >= 4 is 17.6 Å². The van der Waals surface area contributed by atoms with Gasteiger partial charge in [0.1, 0.15) is 5.75 Å². The third-order valence-electron chi connectivity index (χ3n) is 4.89. The maximum Gasteiger partial charge on any atom is 0.315 e. The number of carbonyl (C=O) groups is 2. The number of nitrogens with one attached hydrogen (secondary N) is 2. The first-order valence-corrected chi connectivity index (χ1v) is 9.02. The molecule has 1 heterocycles. The van der Waals surface area contributed by atoms with Gasteiger partial charge in [0.2, 0.25) is 5.91 Å². The molecule has 1 aliphatic rings. The molecule has 6 nitrogen and oxygen atoms in total. The highest BCUT2D eigenvalue weighted by atomic mass is 16.5. The van der Waals surface area contributed by atoms with Crippen molar-refractivity contribution in [2.75, 3.05) is 18.6 Å². The third kappa shape index (κ3) is 4.39. The first kappa shape index (κ1) is 18.8. The van der Waals surface area contributed by atoms with Crippen LogP contribution in [0.5, 0.6) is 5.75 Å². The fourth-order valence-corrected chi connectivity index (χ4v) is 3.21. The van der Waals surface area contributed by atoms with Gasteiger partial charge in [0.15, 0.2) is 0 Å². The van der Waals surface area contributed by atoms with Crippen LogP contribution in [0.1, 0.15) is 23.1 Å². The number of benzene rings is 2. The highest BCUT2D eigenvalue weighted by Crippen LogP contribution is 2.24. The zero-order valence-corrected chi connectivity index (χ0v) is 15.9. The van der Waals surface area contributed by atoms with Crippen LogP contribution in [0.2, 0.25) is 0 Å². The van der Waals surface area contributed by atoms with Crippen molar-refractivity contribution in [2.24, 2.45) is 0 Å². The number of ether oxygens (including phenoxy) is 1. The highest BCUT2D eigenvalue weighted by Gasteiger charge is 2.31. The minimum absolute atomic E-state index is 0.0216. The molecule has 142 valence electrons. The Bertz CT molecular complexity index is 850.